The molecule has 1 atom stereocenters. The summed E-state index contributed by atoms with van der Waals surface area (Å²) in [6.07, 6.45) is 0. The fourth-order valence-corrected chi connectivity index (χ4v) is 5.10. The van der Waals surface area contributed by atoms with E-state index in [2.05, 4.69) is 5.32 Å². The van der Waals surface area contributed by atoms with Gasteiger partial charge in [0.05, 0.1) is 12.4 Å². The zero-order valence-corrected chi connectivity index (χ0v) is 21.5. The molecule has 1 aliphatic rings. The van der Waals surface area contributed by atoms with E-state index in [9.17, 15) is 9.59 Å². The van der Waals surface area contributed by atoms with Crippen molar-refractivity contribution >= 4 is 58.2 Å². The second-order valence-corrected chi connectivity index (χ2v) is 9.76. The molecule has 6 nitrogen and oxygen atoms in total. The van der Waals surface area contributed by atoms with Gasteiger partial charge in [0.25, 0.3) is 5.91 Å². The van der Waals surface area contributed by atoms with Crippen LogP contribution >= 0.6 is 35.0 Å². The van der Waals surface area contributed by atoms with Gasteiger partial charge in [-0.15, -0.1) is 11.8 Å². The third-order valence-electron chi connectivity index (χ3n) is 5.34. The molecule has 0 aliphatic carbocycles. The van der Waals surface area contributed by atoms with Crippen molar-refractivity contribution in [2.24, 2.45) is 0 Å². The summed E-state index contributed by atoms with van der Waals surface area (Å²) in [5, 5.41) is 3.75. The Hall–Kier alpha value is -2.87. The monoisotopic (exact) mass is 530 g/mol. The average Bonchev–Trinajstić information content (AvgIpc) is 3.22. The van der Waals surface area contributed by atoms with E-state index in [1.165, 1.54) is 11.8 Å². The quantitative estimate of drug-likeness (QED) is 0.360. The third-order valence-corrected chi connectivity index (χ3v) is 7.21. The fourth-order valence-electron chi connectivity index (χ4n) is 3.63. The number of amides is 2. The Labute approximate surface area is 218 Å². The molecule has 1 aliphatic heterocycles. The van der Waals surface area contributed by atoms with Crippen molar-refractivity contribution in [3.8, 4) is 11.5 Å². The van der Waals surface area contributed by atoms with Gasteiger partial charge in [-0.25, -0.2) is 0 Å². The van der Waals surface area contributed by atoms with Crippen molar-refractivity contribution < 1.29 is 19.1 Å². The molecule has 0 bridgehead atoms. The number of rotatable bonds is 8. The third kappa shape index (κ3) is 6.04. The Balaban J connectivity index is 1.49. The van der Waals surface area contributed by atoms with E-state index < -0.39 is 0 Å². The molecule has 4 rings (SSSR count). The van der Waals surface area contributed by atoms with E-state index in [-0.39, 0.29) is 23.8 Å². The summed E-state index contributed by atoms with van der Waals surface area (Å²) in [4.78, 5) is 26.8. The van der Waals surface area contributed by atoms with Crippen LogP contribution in [0.15, 0.2) is 60.7 Å². The van der Waals surface area contributed by atoms with Gasteiger partial charge in [-0.05, 0) is 73.5 Å². The van der Waals surface area contributed by atoms with Crippen molar-refractivity contribution in [2.75, 3.05) is 29.2 Å². The minimum atomic E-state index is -0.317. The minimum Gasteiger partial charge on any atom is -0.490 e. The number of nitrogens with zero attached hydrogens (tertiary/aromatic N) is 1. The van der Waals surface area contributed by atoms with Gasteiger partial charge in [0, 0.05) is 21.4 Å². The van der Waals surface area contributed by atoms with E-state index in [1.54, 1.807) is 35.2 Å². The van der Waals surface area contributed by atoms with Gasteiger partial charge in [-0.1, -0.05) is 35.3 Å². The lowest BCUT2D eigenvalue weighted by Gasteiger charge is -2.25. The van der Waals surface area contributed by atoms with Crippen LogP contribution < -0.4 is 19.7 Å². The molecule has 9 heteroatoms. The molecular weight excluding hydrogens is 507 g/mol. The number of hydrogen-bond acceptors (Lipinski definition) is 5. The summed E-state index contributed by atoms with van der Waals surface area (Å²) in [5.74, 6) is 1.03. The van der Waals surface area contributed by atoms with E-state index in [0.29, 0.717) is 39.6 Å². The SMILES string of the molecule is CCOc1cc([C@H]2SCC(=O)N2c2ccc(Cl)cc2)ccc1OCC(=O)Nc1ccc(C)c(Cl)c1. The Kier molecular flexibility index (Phi) is 8.11. The first-order valence-electron chi connectivity index (χ1n) is 11.0. The summed E-state index contributed by atoms with van der Waals surface area (Å²) < 4.78 is 11.6. The zero-order chi connectivity index (χ0) is 24.9. The number of thioether (sulfide) groups is 1. The van der Waals surface area contributed by atoms with Crippen molar-refractivity contribution in [1.29, 1.82) is 0 Å². The predicted molar refractivity (Wildman–Crippen MR) is 142 cm³/mol. The lowest BCUT2D eigenvalue weighted by Crippen LogP contribution is -2.27. The maximum atomic E-state index is 12.7. The fraction of sp³-hybridized carbons (Fsp3) is 0.231. The molecule has 35 heavy (non-hydrogen) atoms. The summed E-state index contributed by atoms with van der Waals surface area (Å²) in [6, 6.07) is 18.0. The molecule has 0 unspecified atom stereocenters. The zero-order valence-electron chi connectivity index (χ0n) is 19.2. The first kappa shape index (κ1) is 25.2. The molecule has 0 radical (unpaired) electrons. The van der Waals surface area contributed by atoms with Crippen LogP contribution in [0.5, 0.6) is 11.5 Å². The lowest BCUT2D eigenvalue weighted by molar-refractivity contribution is -0.118. The largest absolute Gasteiger partial charge is 0.490 e. The van der Waals surface area contributed by atoms with Crippen LogP contribution in [0.2, 0.25) is 10.0 Å². The summed E-state index contributed by atoms with van der Waals surface area (Å²) in [7, 11) is 0. The molecule has 1 N–H and O–H groups in total. The van der Waals surface area contributed by atoms with Crippen molar-refractivity contribution in [2.45, 2.75) is 19.2 Å². The van der Waals surface area contributed by atoms with Crippen LogP contribution in [0.4, 0.5) is 11.4 Å². The highest BCUT2D eigenvalue weighted by Gasteiger charge is 2.34. The molecule has 0 saturated carbocycles. The first-order chi connectivity index (χ1) is 16.9. The number of halogens is 2. The van der Waals surface area contributed by atoms with Crippen LogP contribution in [0.25, 0.3) is 0 Å². The van der Waals surface area contributed by atoms with E-state index in [1.807, 2.05) is 44.2 Å². The molecule has 2 amide bonds. The standard InChI is InChI=1S/C26H24Cl2N2O4S/c1-3-33-23-12-17(26-30(25(32)15-35-26)20-9-6-18(27)7-10-20)5-11-22(23)34-14-24(31)29-19-8-4-16(2)21(28)13-19/h4-13,26H,3,14-15H2,1-2H3,(H,29,31)/t26-/m1/s1. The van der Waals surface area contributed by atoms with Crippen LogP contribution in [0.3, 0.4) is 0 Å². The van der Waals surface area contributed by atoms with Crippen LogP contribution in [-0.2, 0) is 9.59 Å². The Morgan fingerprint density at radius 3 is 2.54 bits per heavy atom. The molecular formula is C26H24Cl2N2O4S. The van der Waals surface area contributed by atoms with Crippen molar-refractivity contribution in [3.63, 3.8) is 0 Å². The number of carbonyl (C=O) groups excluding carboxylic acids is 2. The summed E-state index contributed by atoms with van der Waals surface area (Å²) >= 11 is 13.7. The maximum Gasteiger partial charge on any atom is 0.262 e. The molecule has 0 spiro atoms. The number of benzene rings is 3. The Morgan fingerprint density at radius 1 is 1.06 bits per heavy atom. The molecule has 1 heterocycles. The molecule has 3 aromatic carbocycles. The molecule has 1 fully saturated rings. The van der Waals surface area contributed by atoms with Gasteiger partial charge < -0.3 is 14.8 Å². The lowest BCUT2D eigenvalue weighted by atomic mass is 10.1. The Bertz CT molecular complexity index is 1240. The van der Waals surface area contributed by atoms with Crippen LogP contribution in [-0.4, -0.2) is 30.8 Å². The second-order valence-electron chi connectivity index (χ2n) is 7.84. The number of aryl methyl sites for hydroxylation is 1. The van der Waals surface area contributed by atoms with Gasteiger partial charge in [0.2, 0.25) is 5.91 Å². The van der Waals surface area contributed by atoms with Gasteiger partial charge >= 0.3 is 0 Å². The van der Waals surface area contributed by atoms with Crippen LogP contribution in [0, 0.1) is 6.92 Å². The highest BCUT2D eigenvalue weighted by molar-refractivity contribution is 8.00. The average molecular weight is 531 g/mol. The second kappa shape index (κ2) is 11.2. The number of hydrogen-bond donors (Lipinski definition) is 1. The number of anilines is 2. The van der Waals surface area contributed by atoms with E-state index in [4.69, 9.17) is 32.7 Å². The van der Waals surface area contributed by atoms with Crippen molar-refractivity contribution in [1.82, 2.24) is 0 Å². The number of ether oxygens (including phenoxy) is 2. The maximum absolute atomic E-state index is 12.7. The predicted octanol–water partition coefficient (Wildman–Crippen LogP) is 6.50. The van der Waals surface area contributed by atoms with Gasteiger partial charge in [-0.3, -0.25) is 14.5 Å². The van der Waals surface area contributed by atoms with Crippen molar-refractivity contribution in [3.05, 3.63) is 81.8 Å². The molecule has 182 valence electrons. The van der Waals surface area contributed by atoms with E-state index in [0.717, 1.165) is 16.8 Å². The summed E-state index contributed by atoms with van der Waals surface area (Å²) in [5.41, 5.74) is 3.20. The van der Waals surface area contributed by atoms with Gasteiger partial charge in [0.15, 0.2) is 18.1 Å². The summed E-state index contributed by atoms with van der Waals surface area (Å²) in [6.45, 7) is 3.99. The van der Waals surface area contributed by atoms with Gasteiger partial charge in [0.1, 0.15) is 5.37 Å². The highest BCUT2D eigenvalue weighted by Crippen LogP contribution is 2.44. The molecule has 1 saturated heterocycles. The molecule has 3 aromatic rings. The number of carbonyl (C=O) groups is 2. The first-order valence-corrected chi connectivity index (χ1v) is 12.8. The van der Waals surface area contributed by atoms with Gasteiger partial charge in [-0.2, -0.15) is 0 Å². The Morgan fingerprint density at radius 2 is 1.83 bits per heavy atom. The smallest absolute Gasteiger partial charge is 0.262 e. The number of nitrogens with one attached hydrogen (secondary N) is 1. The van der Waals surface area contributed by atoms with E-state index >= 15 is 0 Å². The topological polar surface area (TPSA) is 67.9 Å². The highest BCUT2D eigenvalue weighted by atomic mass is 35.5. The minimum absolute atomic E-state index is 0.0217. The molecule has 0 aromatic heterocycles. The normalized spacial score (nSPS) is 15.3. The van der Waals surface area contributed by atoms with Crippen LogP contribution in [0.1, 0.15) is 23.4 Å².